The van der Waals surface area contributed by atoms with Crippen LogP contribution in [0.4, 0.5) is 0 Å². The van der Waals surface area contributed by atoms with Crippen LogP contribution in [0.15, 0.2) is 18.2 Å². The molecule has 3 heteroatoms. The smallest absolute Gasteiger partial charge is 0.161 e. The third-order valence-electron chi connectivity index (χ3n) is 2.57. The molecule has 0 saturated carbocycles. The van der Waals surface area contributed by atoms with Crippen LogP contribution in [0.25, 0.3) is 0 Å². The van der Waals surface area contributed by atoms with Crippen LogP contribution in [0.3, 0.4) is 0 Å². The highest BCUT2D eigenvalue weighted by Gasteiger charge is 2.12. The van der Waals surface area contributed by atoms with Crippen LogP contribution < -0.4 is 9.47 Å². The Balaban J connectivity index is 2.27. The number of ether oxygens (including phenoxy) is 2. The molecule has 0 saturated heterocycles. The molecule has 1 heterocycles. The number of alkyl halides is 1. The SMILES string of the molecule is CC(CCl)c1ccc2c(c1)OCCCO2. The first-order valence-electron chi connectivity index (χ1n) is 5.27. The summed E-state index contributed by atoms with van der Waals surface area (Å²) < 4.78 is 11.2. The first-order valence-corrected chi connectivity index (χ1v) is 5.80. The van der Waals surface area contributed by atoms with Crippen LogP contribution in [0.5, 0.6) is 11.5 Å². The first-order chi connectivity index (χ1) is 7.31. The van der Waals surface area contributed by atoms with Gasteiger partial charge in [-0.1, -0.05) is 13.0 Å². The molecule has 0 radical (unpaired) electrons. The van der Waals surface area contributed by atoms with Gasteiger partial charge in [-0.2, -0.15) is 0 Å². The van der Waals surface area contributed by atoms with E-state index in [0.717, 1.165) is 31.1 Å². The minimum absolute atomic E-state index is 0.351. The van der Waals surface area contributed by atoms with Gasteiger partial charge >= 0.3 is 0 Å². The Morgan fingerprint density at radius 2 is 2.00 bits per heavy atom. The van der Waals surface area contributed by atoms with Crippen molar-refractivity contribution in [2.45, 2.75) is 19.3 Å². The van der Waals surface area contributed by atoms with E-state index < -0.39 is 0 Å². The number of benzene rings is 1. The maximum absolute atomic E-state index is 5.83. The van der Waals surface area contributed by atoms with Crippen molar-refractivity contribution in [1.29, 1.82) is 0 Å². The zero-order chi connectivity index (χ0) is 10.7. The molecule has 0 bridgehead atoms. The monoisotopic (exact) mass is 226 g/mol. The van der Waals surface area contributed by atoms with Crippen LogP contribution in [0.2, 0.25) is 0 Å². The van der Waals surface area contributed by atoms with Gasteiger partial charge < -0.3 is 9.47 Å². The van der Waals surface area contributed by atoms with E-state index in [4.69, 9.17) is 21.1 Å². The number of hydrogen-bond donors (Lipinski definition) is 0. The van der Waals surface area contributed by atoms with Crippen molar-refractivity contribution < 1.29 is 9.47 Å². The Morgan fingerprint density at radius 3 is 2.73 bits per heavy atom. The van der Waals surface area contributed by atoms with E-state index in [1.807, 2.05) is 12.1 Å². The normalized spacial score (nSPS) is 16.9. The van der Waals surface area contributed by atoms with E-state index in [0.29, 0.717) is 11.8 Å². The van der Waals surface area contributed by atoms with Crippen LogP contribution in [-0.4, -0.2) is 19.1 Å². The summed E-state index contributed by atoms with van der Waals surface area (Å²) in [5.41, 5.74) is 1.20. The Bertz CT molecular complexity index is 338. The summed E-state index contributed by atoms with van der Waals surface area (Å²) in [5, 5.41) is 0. The fraction of sp³-hybridized carbons (Fsp3) is 0.500. The van der Waals surface area contributed by atoms with Gasteiger partial charge in [-0.05, 0) is 23.6 Å². The third-order valence-corrected chi connectivity index (χ3v) is 3.03. The van der Waals surface area contributed by atoms with Gasteiger partial charge in [-0.15, -0.1) is 11.6 Å². The quantitative estimate of drug-likeness (QED) is 0.722. The molecule has 0 fully saturated rings. The van der Waals surface area contributed by atoms with E-state index in [-0.39, 0.29) is 0 Å². The molecule has 82 valence electrons. The molecule has 1 aliphatic heterocycles. The van der Waals surface area contributed by atoms with Gasteiger partial charge in [0.1, 0.15) is 0 Å². The maximum atomic E-state index is 5.83. The molecular weight excluding hydrogens is 212 g/mol. The van der Waals surface area contributed by atoms with E-state index >= 15 is 0 Å². The van der Waals surface area contributed by atoms with Gasteiger partial charge in [0.2, 0.25) is 0 Å². The number of fused-ring (bicyclic) bond motifs is 1. The van der Waals surface area contributed by atoms with Crippen molar-refractivity contribution in [2.24, 2.45) is 0 Å². The molecule has 0 aromatic heterocycles. The summed E-state index contributed by atoms with van der Waals surface area (Å²) in [7, 11) is 0. The van der Waals surface area contributed by atoms with Crippen molar-refractivity contribution in [2.75, 3.05) is 19.1 Å². The van der Waals surface area contributed by atoms with E-state index in [1.165, 1.54) is 5.56 Å². The Labute approximate surface area is 95.1 Å². The molecule has 2 nitrogen and oxygen atoms in total. The van der Waals surface area contributed by atoms with Gasteiger partial charge in [0, 0.05) is 12.3 Å². The largest absolute Gasteiger partial charge is 0.490 e. The predicted molar refractivity (Wildman–Crippen MR) is 61.2 cm³/mol. The minimum atomic E-state index is 0.351. The average Bonchev–Trinajstić information content (AvgIpc) is 2.51. The van der Waals surface area contributed by atoms with E-state index in [9.17, 15) is 0 Å². The molecule has 0 aliphatic carbocycles. The van der Waals surface area contributed by atoms with Gasteiger partial charge in [-0.3, -0.25) is 0 Å². The second kappa shape index (κ2) is 4.75. The summed E-state index contributed by atoms with van der Waals surface area (Å²) >= 11 is 5.83. The van der Waals surface area contributed by atoms with Crippen LogP contribution in [0.1, 0.15) is 24.8 Å². The second-order valence-corrected chi connectivity index (χ2v) is 4.12. The van der Waals surface area contributed by atoms with Crippen molar-refractivity contribution in [3.8, 4) is 11.5 Å². The molecule has 0 amide bonds. The fourth-order valence-corrected chi connectivity index (χ4v) is 1.75. The molecule has 1 aliphatic rings. The van der Waals surface area contributed by atoms with E-state index in [2.05, 4.69) is 13.0 Å². The molecule has 1 aromatic rings. The number of halogens is 1. The van der Waals surface area contributed by atoms with E-state index in [1.54, 1.807) is 0 Å². The summed E-state index contributed by atoms with van der Waals surface area (Å²) in [6.45, 7) is 3.56. The van der Waals surface area contributed by atoms with Crippen molar-refractivity contribution in [1.82, 2.24) is 0 Å². The highest BCUT2D eigenvalue weighted by Crippen LogP contribution is 2.32. The Hall–Kier alpha value is -0.890. The molecule has 1 unspecified atom stereocenters. The Morgan fingerprint density at radius 1 is 1.27 bits per heavy atom. The van der Waals surface area contributed by atoms with Crippen LogP contribution >= 0.6 is 11.6 Å². The first kappa shape index (κ1) is 10.6. The second-order valence-electron chi connectivity index (χ2n) is 3.81. The zero-order valence-corrected chi connectivity index (χ0v) is 9.59. The maximum Gasteiger partial charge on any atom is 0.161 e. The lowest BCUT2D eigenvalue weighted by Crippen LogP contribution is -1.98. The lowest BCUT2D eigenvalue weighted by atomic mass is 10.0. The third kappa shape index (κ3) is 2.37. The molecule has 1 atom stereocenters. The van der Waals surface area contributed by atoms with Crippen molar-refractivity contribution in [3.63, 3.8) is 0 Å². The Kier molecular flexibility index (Phi) is 3.37. The molecule has 2 rings (SSSR count). The summed E-state index contributed by atoms with van der Waals surface area (Å²) in [5.74, 6) is 2.67. The highest BCUT2D eigenvalue weighted by molar-refractivity contribution is 6.18. The molecule has 1 aromatic carbocycles. The van der Waals surface area contributed by atoms with Crippen LogP contribution in [0, 0.1) is 0 Å². The molecular formula is C12H15ClO2. The molecule has 0 N–H and O–H groups in total. The molecule has 0 spiro atoms. The summed E-state index contributed by atoms with van der Waals surface area (Å²) in [4.78, 5) is 0. The van der Waals surface area contributed by atoms with Gasteiger partial charge in [0.15, 0.2) is 11.5 Å². The average molecular weight is 227 g/mol. The highest BCUT2D eigenvalue weighted by atomic mass is 35.5. The lowest BCUT2D eigenvalue weighted by Gasteiger charge is -2.12. The number of hydrogen-bond acceptors (Lipinski definition) is 2. The van der Waals surface area contributed by atoms with Crippen molar-refractivity contribution >= 4 is 11.6 Å². The summed E-state index contributed by atoms with van der Waals surface area (Å²) in [6.07, 6.45) is 0.940. The minimum Gasteiger partial charge on any atom is -0.490 e. The van der Waals surface area contributed by atoms with Crippen LogP contribution in [-0.2, 0) is 0 Å². The van der Waals surface area contributed by atoms with Gasteiger partial charge in [-0.25, -0.2) is 0 Å². The van der Waals surface area contributed by atoms with Gasteiger partial charge in [0.25, 0.3) is 0 Å². The zero-order valence-electron chi connectivity index (χ0n) is 8.83. The number of rotatable bonds is 2. The topological polar surface area (TPSA) is 18.5 Å². The predicted octanol–water partition coefficient (Wildman–Crippen LogP) is 3.19. The standard InChI is InChI=1S/C12H15ClO2/c1-9(8-13)10-3-4-11-12(7-10)15-6-2-5-14-11/h3-4,7,9H,2,5-6,8H2,1H3. The summed E-state index contributed by atoms with van der Waals surface area (Å²) in [6, 6.07) is 6.06. The lowest BCUT2D eigenvalue weighted by molar-refractivity contribution is 0.297. The van der Waals surface area contributed by atoms with Gasteiger partial charge in [0.05, 0.1) is 13.2 Å². The fourth-order valence-electron chi connectivity index (χ4n) is 1.58. The molecule has 15 heavy (non-hydrogen) atoms. The van der Waals surface area contributed by atoms with Crippen molar-refractivity contribution in [3.05, 3.63) is 23.8 Å².